The lowest BCUT2D eigenvalue weighted by molar-refractivity contribution is -0.115. The molecule has 23 heavy (non-hydrogen) atoms. The average Bonchev–Trinajstić information content (AvgIpc) is 2.38. The first-order valence-corrected chi connectivity index (χ1v) is 8.61. The molecule has 2 aromatic carbocycles. The summed E-state index contributed by atoms with van der Waals surface area (Å²) in [5, 5.41) is 2.36. The van der Waals surface area contributed by atoms with Gasteiger partial charge in [0.25, 0.3) is 0 Å². The quantitative estimate of drug-likeness (QED) is 0.932. The van der Waals surface area contributed by atoms with E-state index in [0.717, 1.165) is 23.3 Å². The van der Waals surface area contributed by atoms with Crippen LogP contribution in [0.5, 0.6) is 0 Å². The molecule has 0 aliphatic heterocycles. The highest BCUT2D eigenvalue weighted by Crippen LogP contribution is 2.23. The van der Waals surface area contributed by atoms with Crippen molar-refractivity contribution in [1.82, 2.24) is 0 Å². The Morgan fingerprint density at radius 2 is 1.70 bits per heavy atom. The monoisotopic (exact) mass is 339 g/mol. The molecule has 0 saturated carbocycles. The summed E-state index contributed by atoms with van der Waals surface area (Å²) in [6.07, 6.45) is 0.759. The van der Waals surface area contributed by atoms with Crippen molar-refractivity contribution in [1.29, 1.82) is 0 Å². The number of hydrogen-bond acceptors (Lipinski definition) is 3. The molecule has 7 heteroatoms. The zero-order valence-corrected chi connectivity index (χ0v) is 13.4. The molecule has 0 aliphatic carbocycles. The molecule has 0 radical (unpaired) electrons. The van der Waals surface area contributed by atoms with Gasteiger partial charge in [-0.2, -0.15) is 0 Å². The first kappa shape index (κ1) is 17.1. The Morgan fingerprint density at radius 3 is 2.22 bits per heavy atom. The van der Waals surface area contributed by atoms with E-state index < -0.39 is 32.3 Å². The molecule has 0 aromatic heterocycles. The first-order valence-electron chi connectivity index (χ1n) is 6.72. The highest BCUT2D eigenvalue weighted by atomic mass is 32.2. The number of hydrogen-bond donors (Lipinski definition) is 1. The van der Waals surface area contributed by atoms with Gasteiger partial charge in [-0.25, -0.2) is 17.2 Å². The van der Waals surface area contributed by atoms with Crippen LogP contribution in [0.3, 0.4) is 0 Å². The van der Waals surface area contributed by atoms with Gasteiger partial charge in [0.1, 0.15) is 16.5 Å². The minimum Gasteiger partial charge on any atom is -0.326 e. The zero-order chi connectivity index (χ0) is 17.2. The van der Waals surface area contributed by atoms with Crippen LogP contribution in [0.15, 0.2) is 41.3 Å². The van der Waals surface area contributed by atoms with E-state index in [1.54, 1.807) is 12.1 Å². The summed E-state index contributed by atoms with van der Waals surface area (Å²) < 4.78 is 50.2. The summed E-state index contributed by atoms with van der Waals surface area (Å²) in [6.45, 7) is 1.85. The summed E-state index contributed by atoms with van der Waals surface area (Å²) in [5.74, 6) is -2.93. The van der Waals surface area contributed by atoms with E-state index in [2.05, 4.69) is 5.32 Å². The van der Waals surface area contributed by atoms with Gasteiger partial charge in [0.15, 0.2) is 9.84 Å². The molecule has 0 spiro atoms. The van der Waals surface area contributed by atoms with Crippen LogP contribution in [-0.4, -0.2) is 20.6 Å². The van der Waals surface area contributed by atoms with Crippen molar-refractivity contribution in [2.75, 3.05) is 11.6 Å². The van der Waals surface area contributed by atoms with Crippen molar-refractivity contribution in [3.05, 3.63) is 59.2 Å². The van der Waals surface area contributed by atoms with Crippen molar-refractivity contribution >= 4 is 21.4 Å². The number of amides is 1. The minimum absolute atomic E-state index is 0.0454. The molecule has 0 atom stereocenters. The van der Waals surface area contributed by atoms with Crippen LogP contribution in [0.1, 0.15) is 11.1 Å². The van der Waals surface area contributed by atoms with Crippen LogP contribution in [-0.2, 0) is 21.1 Å². The number of benzene rings is 2. The summed E-state index contributed by atoms with van der Waals surface area (Å²) >= 11 is 0. The number of carbonyl (C=O) groups excluding carboxylic acids is 1. The number of anilines is 1. The molecule has 2 rings (SSSR count). The molecule has 0 unspecified atom stereocenters. The third kappa shape index (κ3) is 4.13. The van der Waals surface area contributed by atoms with E-state index >= 15 is 0 Å². The van der Waals surface area contributed by atoms with Crippen LogP contribution in [0.2, 0.25) is 0 Å². The summed E-state index contributed by atoms with van der Waals surface area (Å²) in [6, 6.07) is 8.83. The molecule has 0 aliphatic rings. The van der Waals surface area contributed by atoms with Crippen molar-refractivity contribution in [2.45, 2.75) is 18.2 Å². The molecular formula is C16H15F2NO3S. The Hall–Kier alpha value is -2.28. The second kappa shape index (κ2) is 6.45. The summed E-state index contributed by atoms with van der Waals surface area (Å²) in [5.41, 5.74) is 1.58. The van der Waals surface area contributed by atoms with E-state index in [9.17, 15) is 22.0 Å². The normalized spacial score (nSPS) is 11.3. The van der Waals surface area contributed by atoms with Crippen LogP contribution in [0, 0.1) is 18.6 Å². The van der Waals surface area contributed by atoms with E-state index in [0.29, 0.717) is 6.26 Å². The van der Waals surface area contributed by atoms with Gasteiger partial charge < -0.3 is 5.32 Å². The summed E-state index contributed by atoms with van der Waals surface area (Å²) in [7, 11) is -4.03. The molecular weight excluding hydrogens is 324 g/mol. The first-order chi connectivity index (χ1) is 10.7. The highest BCUT2D eigenvalue weighted by molar-refractivity contribution is 7.90. The lowest BCUT2D eigenvalue weighted by Crippen LogP contribution is -2.16. The fourth-order valence-electron chi connectivity index (χ4n) is 2.17. The largest absolute Gasteiger partial charge is 0.326 e. The number of sulfone groups is 1. The van der Waals surface area contributed by atoms with Crippen molar-refractivity contribution in [3.8, 4) is 0 Å². The third-order valence-corrected chi connectivity index (χ3v) is 4.40. The second-order valence-electron chi connectivity index (χ2n) is 5.19. The third-order valence-electron chi connectivity index (χ3n) is 3.27. The van der Waals surface area contributed by atoms with Crippen LogP contribution >= 0.6 is 0 Å². The fourth-order valence-corrected chi connectivity index (χ4v) is 3.00. The van der Waals surface area contributed by atoms with E-state index in [1.807, 2.05) is 19.1 Å². The van der Waals surface area contributed by atoms with Gasteiger partial charge in [-0.3, -0.25) is 4.79 Å². The van der Waals surface area contributed by atoms with Crippen LogP contribution in [0.4, 0.5) is 14.5 Å². The molecule has 2 aromatic rings. The maximum absolute atomic E-state index is 13.8. The maximum atomic E-state index is 13.8. The molecule has 0 heterocycles. The number of rotatable bonds is 4. The SMILES string of the molecule is Cc1ccccc1CC(=O)Nc1cc(F)c(S(C)(=O)=O)c(F)c1. The Bertz CT molecular complexity index is 840. The Balaban J connectivity index is 2.21. The van der Waals surface area contributed by atoms with Crippen LogP contribution in [0.25, 0.3) is 0 Å². The van der Waals surface area contributed by atoms with Crippen molar-refractivity contribution in [3.63, 3.8) is 0 Å². The minimum atomic E-state index is -4.03. The molecule has 4 nitrogen and oxygen atoms in total. The van der Waals surface area contributed by atoms with Gasteiger partial charge in [0.2, 0.25) is 5.91 Å². The van der Waals surface area contributed by atoms with Crippen molar-refractivity contribution in [2.24, 2.45) is 0 Å². The van der Waals surface area contributed by atoms with Gasteiger partial charge in [-0.15, -0.1) is 0 Å². The lowest BCUT2D eigenvalue weighted by Gasteiger charge is -2.09. The smallest absolute Gasteiger partial charge is 0.228 e. The topological polar surface area (TPSA) is 63.2 Å². The highest BCUT2D eigenvalue weighted by Gasteiger charge is 2.21. The molecule has 0 saturated heterocycles. The molecule has 0 bridgehead atoms. The number of halogens is 2. The predicted octanol–water partition coefficient (Wildman–Crippen LogP) is 2.86. The van der Waals surface area contributed by atoms with Gasteiger partial charge in [0, 0.05) is 11.9 Å². The molecule has 122 valence electrons. The Morgan fingerprint density at radius 1 is 1.13 bits per heavy atom. The van der Waals surface area contributed by atoms with Gasteiger partial charge in [0.05, 0.1) is 6.42 Å². The van der Waals surface area contributed by atoms with E-state index in [4.69, 9.17) is 0 Å². The second-order valence-corrected chi connectivity index (χ2v) is 7.15. The number of nitrogens with one attached hydrogen (secondary N) is 1. The van der Waals surface area contributed by atoms with Gasteiger partial charge >= 0.3 is 0 Å². The standard InChI is InChI=1S/C16H15F2NO3S/c1-10-5-3-4-6-11(10)7-15(20)19-12-8-13(17)16(14(18)9-12)23(2,21)22/h3-6,8-9H,7H2,1-2H3,(H,19,20). The predicted molar refractivity (Wildman–Crippen MR) is 83.0 cm³/mol. The molecule has 0 fully saturated rings. The zero-order valence-electron chi connectivity index (χ0n) is 12.6. The molecule has 1 N–H and O–H groups in total. The van der Waals surface area contributed by atoms with Gasteiger partial charge in [-0.1, -0.05) is 24.3 Å². The van der Waals surface area contributed by atoms with Crippen LogP contribution < -0.4 is 5.32 Å². The Kier molecular flexibility index (Phi) is 4.79. The summed E-state index contributed by atoms with van der Waals surface area (Å²) in [4.78, 5) is 11.0. The Labute approximate surface area is 133 Å². The average molecular weight is 339 g/mol. The van der Waals surface area contributed by atoms with Gasteiger partial charge in [-0.05, 0) is 30.2 Å². The van der Waals surface area contributed by atoms with E-state index in [1.165, 1.54) is 0 Å². The lowest BCUT2D eigenvalue weighted by atomic mass is 10.1. The maximum Gasteiger partial charge on any atom is 0.228 e. The number of aryl methyl sites for hydroxylation is 1. The fraction of sp³-hybridized carbons (Fsp3) is 0.188. The number of carbonyl (C=O) groups is 1. The van der Waals surface area contributed by atoms with E-state index in [-0.39, 0.29) is 12.1 Å². The molecule has 1 amide bonds. The van der Waals surface area contributed by atoms with Crippen molar-refractivity contribution < 1.29 is 22.0 Å².